The van der Waals surface area contributed by atoms with Gasteiger partial charge in [0, 0.05) is 43.3 Å². The molecule has 116 valence electrons. The lowest BCUT2D eigenvalue weighted by Crippen LogP contribution is -2.28. The molecule has 2 aromatic rings. The number of amides is 1. The van der Waals surface area contributed by atoms with Gasteiger partial charge in [-0.15, -0.1) is 5.10 Å². The highest BCUT2D eigenvalue weighted by atomic mass is 79.9. The number of carbonyl (C=O) groups excluding carboxylic acids is 1. The van der Waals surface area contributed by atoms with Crippen LogP contribution in [0.3, 0.4) is 0 Å². The maximum atomic E-state index is 11.9. The van der Waals surface area contributed by atoms with Crippen molar-refractivity contribution < 1.29 is 4.79 Å². The summed E-state index contributed by atoms with van der Waals surface area (Å²) in [4.78, 5) is 13.9. The molecule has 0 aliphatic rings. The minimum atomic E-state index is -0.0950. The number of nitrogens with zero attached hydrogens (tertiary/aromatic N) is 3. The highest BCUT2D eigenvalue weighted by Crippen LogP contribution is 2.12. The van der Waals surface area contributed by atoms with E-state index in [0.29, 0.717) is 24.5 Å². The molecule has 0 bridgehead atoms. The van der Waals surface area contributed by atoms with Crippen LogP contribution in [0, 0.1) is 0 Å². The third-order valence-corrected chi connectivity index (χ3v) is 3.51. The Morgan fingerprint density at radius 1 is 1.23 bits per heavy atom. The van der Waals surface area contributed by atoms with E-state index in [1.807, 2.05) is 37.2 Å². The number of rotatable bonds is 6. The average Bonchev–Trinajstić information content (AvgIpc) is 2.52. The monoisotopic (exact) mass is 363 g/mol. The maximum Gasteiger partial charge on any atom is 0.251 e. The van der Waals surface area contributed by atoms with Gasteiger partial charge in [-0.05, 0) is 24.3 Å². The van der Waals surface area contributed by atoms with Crippen LogP contribution in [-0.2, 0) is 0 Å². The highest BCUT2D eigenvalue weighted by Gasteiger charge is 2.04. The molecule has 1 amide bonds. The van der Waals surface area contributed by atoms with Gasteiger partial charge < -0.3 is 15.5 Å². The van der Waals surface area contributed by atoms with Gasteiger partial charge in [0.15, 0.2) is 5.82 Å². The molecule has 0 fully saturated rings. The van der Waals surface area contributed by atoms with E-state index in [2.05, 4.69) is 36.8 Å². The zero-order chi connectivity index (χ0) is 15.9. The minimum absolute atomic E-state index is 0.0950. The molecule has 1 aromatic carbocycles. The second-order valence-corrected chi connectivity index (χ2v) is 5.80. The number of hydrogen-bond donors (Lipinski definition) is 2. The predicted octanol–water partition coefficient (Wildman–Crippen LogP) is 2.15. The molecule has 0 unspecified atom stereocenters. The third kappa shape index (κ3) is 4.70. The van der Waals surface area contributed by atoms with Crippen LogP contribution >= 0.6 is 15.9 Å². The summed E-state index contributed by atoms with van der Waals surface area (Å²) in [6, 6.07) is 9.15. The largest absolute Gasteiger partial charge is 0.376 e. The van der Waals surface area contributed by atoms with Crippen molar-refractivity contribution in [1.82, 2.24) is 15.5 Å². The summed E-state index contributed by atoms with van der Waals surface area (Å²) in [6.45, 7) is 1.08. The maximum absolute atomic E-state index is 11.9. The van der Waals surface area contributed by atoms with Gasteiger partial charge in [-0.25, -0.2) is 0 Å². The lowest BCUT2D eigenvalue weighted by atomic mass is 10.2. The van der Waals surface area contributed by atoms with Crippen molar-refractivity contribution in [2.24, 2.45) is 0 Å². The molecule has 0 saturated carbocycles. The molecule has 6 nitrogen and oxygen atoms in total. The van der Waals surface area contributed by atoms with Gasteiger partial charge in [-0.1, -0.05) is 15.9 Å². The van der Waals surface area contributed by atoms with Crippen molar-refractivity contribution in [3.8, 4) is 0 Å². The first-order chi connectivity index (χ1) is 10.6. The first kappa shape index (κ1) is 16.2. The van der Waals surface area contributed by atoms with Crippen LogP contribution in [0.4, 0.5) is 11.5 Å². The van der Waals surface area contributed by atoms with E-state index < -0.39 is 0 Å². The van der Waals surface area contributed by atoms with Crippen molar-refractivity contribution >= 4 is 33.3 Å². The SMILES string of the molecule is CN(C)c1cnnc(NCCNC(=O)c2ccc(Br)cc2)c1. The van der Waals surface area contributed by atoms with Crippen molar-refractivity contribution in [2.75, 3.05) is 37.4 Å². The summed E-state index contributed by atoms with van der Waals surface area (Å²) in [6.07, 6.45) is 1.69. The quantitative estimate of drug-likeness (QED) is 0.769. The van der Waals surface area contributed by atoms with Crippen molar-refractivity contribution in [1.29, 1.82) is 0 Å². The molecule has 0 atom stereocenters. The lowest BCUT2D eigenvalue weighted by Gasteiger charge is -2.13. The fourth-order valence-electron chi connectivity index (χ4n) is 1.76. The molecule has 0 saturated heterocycles. The second-order valence-electron chi connectivity index (χ2n) is 4.88. The van der Waals surface area contributed by atoms with Crippen LogP contribution in [-0.4, -0.2) is 43.3 Å². The molecule has 0 radical (unpaired) electrons. The van der Waals surface area contributed by atoms with Gasteiger partial charge in [0.05, 0.1) is 11.9 Å². The molecule has 22 heavy (non-hydrogen) atoms. The third-order valence-electron chi connectivity index (χ3n) is 2.98. The number of benzene rings is 1. The zero-order valence-electron chi connectivity index (χ0n) is 12.5. The lowest BCUT2D eigenvalue weighted by molar-refractivity contribution is 0.0955. The van der Waals surface area contributed by atoms with Crippen molar-refractivity contribution in [3.63, 3.8) is 0 Å². The fraction of sp³-hybridized carbons (Fsp3) is 0.267. The molecule has 0 aliphatic heterocycles. The number of aromatic nitrogens is 2. The Balaban J connectivity index is 1.78. The Kier molecular flexibility index (Phi) is 5.71. The average molecular weight is 364 g/mol. The molecule has 0 spiro atoms. The summed E-state index contributed by atoms with van der Waals surface area (Å²) in [5.74, 6) is 0.589. The predicted molar refractivity (Wildman–Crippen MR) is 91.3 cm³/mol. The number of hydrogen-bond acceptors (Lipinski definition) is 5. The van der Waals surface area contributed by atoms with Crippen molar-refractivity contribution in [3.05, 3.63) is 46.6 Å². The van der Waals surface area contributed by atoms with E-state index in [1.165, 1.54) is 0 Å². The molecular weight excluding hydrogens is 346 g/mol. The van der Waals surface area contributed by atoms with E-state index in [1.54, 1.807) is 18.3 Å². The van der Waals surface area contributed by atoms with Gasteiger partial charge in [0.2, 0.25) is 0 Å². The van der Waals surface area contributed by atoms with Gasteiger partial charge >= 0.3 is 0 Å². The van der Waals surface area contributed by atoms with Crippen LogP contribution in [0.25, 0.3) is 0 Å². The van der Waals surface area contributed by atoms with Gasteiger partial charge in [0.1, 0.15) is 0 Å². The standard InChI is InChI=1S/C15H18BrN5O/c1-21(2)13-9-14(20-19-10-13)17-7-8-18-15(22)11-3-5-12(16)6-4-11/h3-6,9-10H,7-8H2,1-2H3,(H,17,20)(H,18,22). The van der Waals surface area contributed by atoms with Crippen LogP contribution in [0.2, 0.25) is 0 Å². The van der Waals surface area contributed by atoms with Gasteiger partial charge in [0.25, 0.3) is 5.91 Å². The fourth-order valence-corrected chi connectivity index (χ4v) is 2.02. The van der Waals surface area contributed by atoms with Crippen LogP contribution in [0.15, 0.2) is 41.0 Å². The number of halogens is 1. The molecule has 7 heteroatoms. The summed E-state index contributed by atoms with van der Waals surface area (Å²) < 4.78 is 0.949. The summed E-state index contributed by atoms with van der Waals surface area (Å²) >= 11 is 3.34. The molecule has 1 aromatic heterocycles. The van der Waals surface area contributed by atoms with Crippen LogP contribution in [0.1, 0.15) is 10.4 Å². The second kappa shape index (κ2) is 7.74. The van der Waals surface area contributed by atoms with E-state index in [-0.39, 0.29) is 5.91 Å². The van der Waals surface area contributed by atoms with Crippen LogP contribution in [0.5, 0.6) is 0 Å². The molecule has 1 heterocycles. The molecular formula is C15H18BrN5O. The molecule has 2 rings (SSSR count). The Hall–Kier alpha value is -2.15. The number of anilines is 2. The zero-order valence-corrected chi connectivity index (χ0v) is 14.1. The van der Waals surface area contributed by atoms with Gasteiger partial charge in [-0.3, -0.25) is 4.79 Å². The summed E-state index contributed by atoms with van der Waals surface area (Å²) in [5.41, 5.74) is 1.61. The minimum Gasteiger partial charge on any atom is -0.376 e. The summed E-state index contributed by atoms with van der Waals surface area (Å²) in [5, 5.41) is 13.9. The Morgan fingerprint density at radius 2 is 1.95 bits per heavy atom. The van der Waals surface area contributed by atoms with E-state index in [0.717, 1.165) is 10.2 Å². The van der Waals surface area contributed by atoms with E-state index >= 15 is 0 Å². The number of carbonyl (C=O) groups is 1. The van der Waals surface area contributed by atoms with Crippen LogP contribution < -0.4 is 15.5 Å². The van der Waals surface area contributed by atoms with E-state index in [4.69, 9.17) is 0 Å². The first-order valence-corrected chi connectivity index (χ1v) is 7.63. The van der Waals surface area contributed by atoms with Crippen molar-refractivity contribution in [2.45, 2.75) is 0 Å². The normalized spacial score (nSPS) is 10.1. The molecule has 2 N–H and O–H groups in total. The topological polar surface area (TPSA) is 70.2 Å². The number of nitrogens with one attached hydrogen (secondary N) is 2. The van der Waals surface area contributed by atoms with E-state index in [9.17, 15) is 4.79 Å². The first-order valence-electron chi connectivity index (χ1n) is 6.84. The highest BCUT2D eigenvalue weighted by molar-refractivity contribution is 9.10. The smallest absolute Gasteiger partial charge is 0.251 e. The Bertz CT molecular complexity index is 630. The molecule has 0 aliphatic carbocycles. The van der Waals surface area contributed by atoms with Gasteiger partial charge in [-0.2, -0.15) is 5.10 Å². The Labute approximate surface area is 138 Å². The Morgan fingerprint density at radius 3 is 2.64 bits per heavy atom. The summed E-state index contributed by atoms with van der Waals surface area (Å²) in [7, 11) is 3.89.